The predicted octanol–water partition coefficient (Wildman–Crippen LogP) is 3.34. The fourth-order valence-corrected chi connectivity index (χ4v) is 2.74. The van der Waals surface area contributed by atoms with Crippen molar-refractivity contribution in [2.45, 2.75) is 51.6 Å². The Morgan fingerprint density at radius 1 is 1.50 bits per heavy atom. The SMILES string of the molecule is CCC(NC(C)(CC)CCO)c1cccs1. The molecule has 1 aromatic rings. The number of hydrogen-bond acceptors (Lipinski definition) is 3. The van der Waals surface area contributed by atoms with Gasteiger partial charge in [-0.05, 0) is 37.6 Å². The largest absolute Gasteiger partial charge is 0.396 e. The van der Waals surface area contributed by atoms with Crippen molar-refractivity contribution in [3.05, 3.63) is 22.4 Å². The lowest BCUT2D eigenvalue weighted by Gasteiger charge is -2.33. The van der Waals surface area contributed by atoms with Crippen molar-refractivity contribution in [2.24, 2.45) is 0 Å². The van der Waals surface area contributed by atoms with E-state index in [1.807, 2.05) is 0 Å². The Kier molecular flexibility index (Phi) is 5.46. The highest BCUT2D eigenvalue weighted by Crippen LogP contribution is 2.26. The minimum atomic E-state index is 0.0411. The van der Waals surface area contributed by atoms with Gasteiger partial charge in [0.15, 0.2) is 0 Å². The van der Waals surface area contributed by atoms with Crippen LogP contribution in [0.15, 0.2) is 17.5 Å². The molecule has 0 spiro atoms. The molecule has 0 aliphatic rings. The summed E-state index contributed by atoms with van der Waals surface area (Å²) in [6, 6.07) is 4.69. The maximum Gasteiger partial charge on any atom is 0.0448 e. The molecule has 2 nitrogen and oxygen atoms in total. The van der Waals surface area contributed by atoms with Crippen LogP contribution in [0, 0.1) is 0 Å². The second-order valence-electron chi connectivity index (χ2n) is 4.51. The van der Waals surface area contributed by atoms with Crippen LogP contribution in [0.4, 0.5) is 0 Å². The molecule has 0 saturated heterocycles. The van der Waals surface area contributed by atoms with E-state index in [9.17, 15) is 0 Å². The molecule has 92 valence electrons. The summed E-state index contributed by atoms with van der Waals surface area (Å²) in [5.41, 5.74) is 0.0411. The standard InChI is InChI=1S/C13H23NOS/c1-4-11(12-7-6-10-16-12)14-13(3,5-2)8-9-15/h6-7,10-11,14-15H,4-5,8-9H2,1-3H3. The zero-order valence-electron chi connectivity index (χ0n) is 10.5. The number of hydrogen-bond donors (Lipinski definition) is 2. The third-order valence-electron chi connectivity index (χ3n) is 3.26. The summed E-state index contributed by atoms with van der Waals surface area (Å²) in [6.07, 6.45) is 2.93. The van der Waals surface area contributed by atoms with Gasteiger partial charge in [0.05, 0.1) is 0 Å². The lowest BCUT2D eigenvalue weighted by atomic mass is 9.93. The van der Waals surface area contributed by atoms with Crippen LogP contribution in [-0.2, 0) is 0 Å². The maximum atomic E-state index is 9.11. The summed E-state index contributed by atoms with van der Waals surface area (Å²) in [5, 5.41) is 14.9. The summed E-state index contributed by atoms with van der Waals surface area (Å²) in [7, 11) is 0. The predicted molar refractivity (Wildman–Crippen MR) is 70.9 cm³/mol. The molecular weight excluding hydrogens is 218 g/mol. The summed E-state index contributed by atoms with van der Waals surface area (Å²) in [6.45, 7) is 6.81. The van der Waals surface area contributed by atoms with Crippen LogP contribution in [0.25, 0.3) is 0 Å². The van der Waals surface area contributed by atoms with Crippen LogP contribution in [-0.4, -0.2) is 17.3 Å². The van der Waals surface area contributed by atoms with Gasteiger partial charge in [0.2, 0.25) is 0 Å². The van der Waals surface area contributed by atoms with E-state index < -0.39 is 0 Å². The number of aliphatic hydroxyl groups is 1. The Hall–Kier alpha value is -0.380. The molecule has 1 rings (SSSR count). The van der Waals surface area contributed by atoms with E-state index >= 15 is 0 Å². The van der Waals surface area contributed by atoms with Crippen LogP contribution in [0.2, 0.25) is 0 Å². The van der Waals surface area contributed by atoms with Gasteiger partial charge in [-0.1, -0.05) is 19.9 Å². The van der Waals surface area contributed by atoms with Gasteiger partial charge in [-0.2, -0.15) is 0 Å². The summed E-state index contributed by atoms with van der Waals surface area (Å²) in [5.74, 6) is 0. The zero-order chi connectivity index (χ0) is 12.0. The van der Waals surface area contributed by atoms with Crippen LogP contribution >= 0.6 is 11.3 Å². The van der Waals surface area contributed by atoms with Crippen molar-refractivity contribution in [3.63, 3.8) is 0 Å². The van der Waals surface area contributed by atoms with Crippen LogP contribution in [0.1, 0.15) is 51.0 Å². The molecule has 1 heterocycles. The van der Waals surface area contributed by atoms with Gasteiger partial charge in [0.25, 0.3) is 0 Å². The molecule has 2 N–H and O–H groups in total. The highest BCUT2D eigenvalue weighted by atomic mass is 32.1. The van der Waals surface area contributed by atoms with E-state index in [1.54, 1.807) is 11.3 Å². The van der Waals surface area contributed by atoms with Crippen molar-refractivity contribution in [1.82, 2.24) is 5.32 Å². The third kappa shape index (κ3) is 3.58. The van der Waals surface area contributed by atoms with E-state index in [4.69, 9.17) is 5.11 Å². The van der Waals surface area contributed by atoms with Crippen LogP contribution in [0.3, 0.4) is 0 Å². The van der Waals surface area contributed by atoms with Gasteiger partial charge in [-0.3, -0.25) is 0 Å². The normalized spacial score (nSPS) is 17.0. The molecule has 16 heavy (non-hydrogen) atoms. The lowest BCUT2D eigenvalue weighted by Crippen LogP contribution is -2.44. The monoisotopic (exact) mass is 241 g/mol. The van der Waals surface area contributed by atoms with E-state index in [0.29, 0.717) is 6.04 Å². The average Bonchev–Trinajstić information content (AvgIpc) is 2.80. The maximum absolute atomic E-state index is 9.11. The highest BCUT2D eigenvalue weighted by Gasteiger charge is 2.25. The average molecular weight is 241 g/mol. The Morgan fingerprint density at radius 3 is 2.69 bits per heavy atom. The van der Waals surface area contributed by atoms with Gasteiger partial charge < -0.3 is 10.4 Å². The van der Waals surface area contributed by atoms with Crippen LogP contribution < -0.4 is 5.32 Å². The first-order chi connectivity index (χ1) is 7.65. The minimum absolute atomic E-state index is 0.0411. The number of rotatable bonds is 7. The molecule has 0 fully saturated rings. The highest BCUT2D eigenvalue weighted by molar-refractivity contribution is 7.10. The Morgan fingerprint density at radius 2 is 2.25 bits per heavy atom. The number of thiophene rings is 1. The fraction of sp³-hybridized carbons (Fsp3) is 0.692. The second-order valence-corrected chi connectivity index (χ2v) is 5.49. The number of aliphatic hydroxyl groups excluding tert-OH is 1. The molecule has 0 bridgehead atoms. The Balaban J connectivity index is 2.68. The summed E-state index contributed by atoms with van der Waals surface area (Å²) in [4.78, 5) is 1.39. The summed E-state index contributed by atoms with van der Waals surface area (Å²) >= 11 is 1.80. The lowest BCUT2D eigenvalue weighted by molar-refractivity contribution is 0.201. The topological polar surface area (TPSA) is 32.3 Å². The van der Waals surface area contributed by atoms with Crippen molar-refractivity contribution in [2.75, 3.05) is 6.61 Å². The van der Waals surface area contributed by atoms with Gasteiger partial charge in [-0.15, -0.1) is 11.3 Å². The van der Waals surface area contributed by atoms with Crippen molar-refractivity contribution in [1.29, 1.82) is 0 Å². The molecule has 0 amide bonds. The van der Waals surface area contributed by atoms with E-state index in [1.165, 1.54) is 4.88 Å². The smallest absolute Gasteiger partial charge is 0.0448 e. The number of nitrogens with one attached hydrogen (secondary N) is 1. The molecule has 2 unspecified atom stereocenters. The van der Waals surface area contributed by atoms with Crippen molar-refractivity contribution < 1.29 is 5.11 Å². The van der Waals surface area contributed by atoms with Gasteiger partial charge in [-0.25, -0.2) is 0 Å². The molecule has 0 aliphatic carbocycles. The Labute approximate surface area is 103 Å². The second kappa shape index (κ2) is 6.38. The van der Waals surface area contributed by atoms with Gasteiger partial charge >= 0.3 is 0 Å². The molecule has 0 radical (unpaired) electrons. The first kappa shape index (κ1) is 13.7. The fourth-order valence-electron chi connectivity index (χ4n) is 1.88. The molecular formula is C13H23NOS. The molecule has 0 aromatic carbocycles. The third-order valence-corrected chi connectivity index (χ3v) is 4.25. The molecule has 0 aliphatic heterocycles. The Bertz CT molecular complexity index is 286. The molecule has 0 saturated carbocycles. The molecule has 1 aromatic heterocycles. The zero-order valence-corrected chi connectivity index (χ0v) is 11.3. The van der Waals surface area contributed by atoms with E-state index in [-0.39, 0.29) is 12.1 Å². The first-order valence-corrected chi connectivity index (χ1v) is 6.95. The minimum Gasteiger partial charge on any atom is -0.396 e. The quantitative estimate of drug-likeness (QED) is 0.767. The van der Waals surface area contributed by atoms with Crippen molar-refractivity contribution >= 4 is 11.3 Å². The van der Waals surface area contributed by atoms with Crippen LogP contribution in [0.5, 0.6) is 0 Å². The molecule has 2 atom stereocenters. The molecule has 3 heteroatoms. The van der Waals surface area contributed by atoms with Gasteiger partial charge in [0, 0.05) is 23.1 Å². The van der Waals surface area contributed by atoms with E-state index in [2.05, 4.69) is 43.6 Å². The van der Waals surface area contributed by atoms with E-state index in [0.717, 1.165) is 19.3 Å². The van der Waals surface area contributed by atoms with Crippen molar-refractivity contribution in [3.8, 4) is 0 Å². The van der Waals surface area contributed by atoms with Gasteiger partial charge in [0.1, 0.15) is 0 Å². The summed E-state index contributed by atoms with van der Waals surface area (Å²) < 4.78 is 0. The first-order valence-electron chi connectivity index (χ1n) is 6.07.